The molecule has 2 rings (SSSR count). The summed E-state index contributed by atoms with van der Waals surface area (Å²) in [6.07, 6.45) is 3.62. The average molecular weight is 242 g/mol. The molecule has 0 aliphatic carbocycles. The summed E-state index contributed by atoms with van der Waals surface area (Å²) in [5.41, 5.74) is 8.73. The normalized spacial score (nSPS) is 10.3. The van der Waals surface area contributed by atoms with E-state index in [4.69, 9.17) is 5.73 Å². The zero-order chi connectivity index (χ0) is 12.8. The van der Waals surface area contributed by atoms with Gasteiger partial charge in [0.05, 0.1) is 17.9 Å². The number of hydrogen-bond acceptors (Lipinski definition) is 4. The van der Waals surface area contributed by atoms with Crippen molar-refractivity contribution in [1.29, 1.82) is 0 Å². The van der Waals surface area contributed by atoms with Gasteiger partial charge in [-0.15, -0.1) is 0 Å². The van der Waals surface area contributed by atoms with Crippen LogP contribution in [0.1, 0.15) is 18.3 Å². The first kappa shape index (κ1) is 12.5. The molecule has 0 saturated carbocycles. The number of rotatable bonds is 5. The second kappa shape index (κ2) is 6.12. The lowest BCUT2D eigenvalue weighted by Crippen LogP contribution is -2.22. The van der Waals surface area contributed by atoms with E-state index < -0.39 is 0 Å². The molecule has 0 spiro atoms. The van der Waals surface area contributed by atoms with Crippen LogP contribution in [0.3, 0.4) is 0 Å². The van der Waals surface area contributed by atoms with E-state index in [9.17, 15) is 0 Å². The van der Waals surface area contributed by atoms with Gasteiger partial charge in [0, 0.05) is 31.2 Å². The Morgan fingerprint density at radius 2 is 1.94 bits per heavy atom. The zero-order valence-electron chi connectivity index (χ0n) is 10.6. The first-order valence-corrected chi connectivity index (χ1v) is 6.13. The second-order valence-corrected chi connectivity index (χ2v) is 4.04. The molecule has 0 saturated heterocycles. The van der Waals surface area contributed by atoms with Crippen LogP contribution in [0.4, 0.5) is 5.69 Å². The number of nitrogens with two attached hydrogens (primary N) is 1. The quantitative estimate of drug-likeness (QED) is 0.870. The van der Waals surface area contributed by atoms with Crippen LogP contribution in [0.25, 0.3) is 0 Å². The molecule has 2 aromatic heterocycles. The van der Waals surface area contributed by atoms with Crippen molar-refractivity contribution in [2.24, 2.45) is 5.73 Å². The second-order valence-electron chi connectivity index (χ2n) is 4.04. The molecule has 0 amide bonds. The highest BCUT2D eigenvalue weighted by Crippen LogP contribution is 2.16. The lowest BCUT2D eigenvalue weighted by Gasteiger charge is -2.23. The number of aromatic nitrogens is 2. The predicted molar refractivity (Wildman–Crippen MR) is 73.1 cm³/mol. The van der Waals surface area contributed by atoms with Crippen molar-refractivity contribution in [2.45, 2.75) is 20.0 Å². The molecule has 0 radical (unpaired) electrons. The van der Waals surface area contributed by atoms with E-state index in [0.29, 0.717) is 6.54 Å². The number of nitrogens with zero attached hydrogens (tertiary/aromatic N) is 3. The molecule has 0 aromatic carbocycles. The molecule has 2 aromatic rings. The fourth-order valence-corrected chi connectivity index (χ4v) is 1.85. The molecule has 0 fully saturated rings. The molecule has 0 aliphatic heterocycles. The van der Waals surface area contributed by atoms with Gasteiger partial charge in [-0.3, -0.25) is 9.97 Å². The third kappa shape index (κ3) is 3.05. The van der Waals surface area contributed by atoms with Crippen molar-refractivity contribution >= 4 is 5.69 Å². The van der Waals surface area contributed by atoms with Crippen molar-refractivity contribution in [2.75, 3.05) is 11.4 Å². The predicted octanol–water partition coefficient (Wildman–Crippen LogP) is 1.96. The van der Waals surface area contributed by atoms with Crippen LogP contribution in [-0.4, -0.2) is 16.5 Å². The summed E-state index contributed by atoms with van der Waals surface area (Å²) in [6.45, 7) is 4.32. The Hall–Kier alpha value is -1.94. The fraction of sp³-hybridized carbons (Fsp3) is 0.286. The van der Waals surface area contributed by atoms with Crippen molar-refractivity contribution in [1.82, 2.24) is 9.97 Å². The zero-order valence-corrected chi connectivity index (χ0v) is 10.6. The molecule has 2 heterocycles. The summed E-state index contributed by atoms with van der Waals surface area (Å²) in [7, 11) is 0. The largest absolute Gasteiger partial charge is 0.366 e. The van der Waals surface area contributed by atoms with E-state index >= 15 is 0 Å². The highest BCUT2D eigenvalue weighted by atomic mass is 15.1. The third-order valence-electron chi connectivity index (χ3n) is 2.84. The summed E-state index contributed by atoms with van der Waals surface area (Å²) in [6, 6.07) is 10.0. The van der Waals surface area contributed by atoms with Gasteiger partial charge in [0.15, 0.2) is 0 Å². The van der Waals surface area contributed by atoms with Crippen LogP contribution in [0.5, 0.6) is 0 Å². The Morgan fingerprint density at radius 3 is 2.61 bits per heavy atom. The lowest BCUT2D eigenvalue weighted by atomic mass is 10.2. The van der Waals surface area contributed by atoms with E-state index in [0.717, 1.165) is 30.2 Å². The molecule has 4 nitrogen and oxygen atoms in total. The summed E-state index contributed by atoms with van der Waals surface area (Å²) in [5, 5.41) is 0. The summed E-state index contributed by atoms with van der Waals surface area (Å²) < 4.78 is 0. The van der Waals surface area contributed by atoms with Crippen LogP contribution in [0.2, 0.25) is 0 Å². The van der Waals surface area contributed by atoms with E-state index in [1.54, 1.807) is 6.20 Å². The maximum Gasteiger partial charge on any atom is 0.0601 e. The van der Waals surface area contributed by atoms with Crippen LogP contribution in [-0.2, 0) is 13.1 Å². The fourth-order valence-electron chi connectivity index (χ4n) is 1.85. The maximum atomic E-state index is 5.62. The van der Waals surface area contributed by atoms with Gasteiger partial charge >= 0.3 is 0 Å². The highest BCUT2D eigenvalue weighted by Gasteiger charge is 2.06. The third-order valence-corrected chi connectivity index (χ3v) is 2.84. The SMILES string of the molecule is CCN(Cc1ccccn1)c1ccnc(CN)c1. The molecule has 4 heteroatoms. The van der Waals surface area contributed by atoms with Crippen molar-refractivity contribution in [3.8, 4) is 0 Å². The Morgan fingerprint density at radius 1 is 1.11 bits per heavy atom. The number of hydrogen-bond donors (Lipinski definition) is 1. The minimum atomic E-state index is 0.467. The molecule has 0 aliphatic rings. The molecule has 0 unspecified atom stereocenters. The van der Waals surface area contributed by atoms with Gasteiger partial charge in [0.25, 0.3) is 0 Å². The molecule has 0 atom stereocenters. The Labute approximate surface area is 107 Å². The minimum Gasteiger partial charge on any atom is -0.366 e. The van der Waals surface area contributed by atoms with Gasteiger partial charge in [0.2, 0.25) is 0 Å². The molecular weight excluding hydrogens is 224 g/mol. The smallest absolute Gasteiger partial charge is 0.0601 e. The van der Waals surface area contributed by atoms with Gasteiger partial charge in [-0.1, -0.05) is 6.07 Å². The molecular formula is C14H18N4. The molecule has 94 valence electrons. The average Bonchev–Trinajstić information content (AvgIpc) is 2.46. The highest BCUT2D eigenvalue weighted by molar-refractivity contribution is 5.46. The molecule has 2 N–H and O–H groups in total. The standard InChI is InChI=1S/C14H18N4/c1-2-18(11-12-5-3-4-7-16-12)14-6-8-17-13(9-14)10-15/h3-9H,2,10-11,15H2,1H3. The summed E-state index contributed by atoms with van der Waals surface area (Å²) in [5.74, 6) is 0. The topological polar surface area (TPSA) is 55.0 Å². The Kier molecular flexibility index (Phi) is 4.25. The summed E-state index contributed by atoms with van der Waals surface area (Å²) in [4.78, 5) is 10.8. The molecule has 0 bridgehead atoms. The van der Waals surface area contributed by atoms with Crippen LogP contribution in [0, 0.1) is 0 Å². The van der Waals surface area contributed by atoms with E-state index in [1.165, 1.54) is 0 Å². The first-order valence-electron chi connectivity index (χ1n) is 6.13. The minimum absolute atomic E-state index is 0.467. The van der Waals surface area contributed by atoms with Gasteiger partial charge in [0.1, 0.15) is 0 Å². The first-order chi connectivity index (χ1) is 8.83. The van der Waals surface area contributed by atoms with Crippen molar-refractivity contribution in [3.05, 3.63) is 54.1 Å². The van der Waals surface area contributed by atoms with Crippen molar-refractivity contribution in [3.63, 3.8) is 0 Å². The van der Waals surface area contributed by atoms with Gasteiger partial charge in [-0.25, -0.2) is 0 Å². The van der Waals surface area contributed by atoms with Gasteiger partial charge < -0.3 is 10.6 Å². The maximum absolute atomic E-state index is 5.62. The van der Waals surface area contributed by atoms with E-state index in [2.05, 4.69) is 21.8 Å². The summed E-state index contributed by atoms with van der Waals surface area (Å²) >= 11 is 0. The van der Waals surface area contributed by atoms with Crippen LogP contribution in [0.15, 0.2) is 42.7 Å². The number of pyridine rings is 2. The van der Waals surface area contributed by atoms with E-state index in [-0.39, 0.29) is 0 Å². The number of anilines is 1. The monoisotopic (exact) mass is 242 g/mol. The Balaban J connectivity index is 2.17. The van der Waals surface area contributed by atoms with Crippen LogP contribution >= 0.6 is 0 Å². The Bertz CT molecular complexity index is 484. The van der Waals surface area contributed by atoms with Gasteiger partial charge in [-0.2, -0.15) is 0 Å². The lowest BCUT2D eigenvalue weighted by molar-refractivity contribution is 0.805. The van der Waals surface area contributed by atoms with Gasteiger partial charge in [-0.05, 0) is 31.2 Å². The van der Waals surface area contributed by atoms with Crippen molar-refractivity contribution < 1.29 is 0 Å². The molecule has 18 heavy (non-hydrogen) atoms. The van der Waals surface area contributed by atoms with E-state index in [1.807, 2.05) is 36.5 Å². The van der Waals surface area contributed by atoms with Crippen LogP contribution < -0.4 is 10.6 Å².